The summed E-state index contributed by atoms with van der Waals surface area (Å²) in [6.07, 6.45) is 2.73. The molecule has 92 valence electrons. The van der Waals surface area contributed by atoms with E-state index in [0.29, 0.717) is 5.91 Å². The normalized spacial score (nSPS) is 24.5. The van der Waals surface area contributed by atoms with Gasteiger partial charge in [-0.2, -0.15) is 0 Å². The summed E-state index contributed by atoms with van der Waals surface area (Å²) < 4.78 is 0. The van der Waals surface area contributed by atoms with E-state index in [-0.39, 0.29) is 5.92 Å². The minimum Gasteiger partial charge on any atom is -0.340 e. The van der Waals surface area contributed by atoms with E-state index in [1.807, 2.05) is 18.9 Å². The molecule has 1 saturated heterocycles. The highest BCUT2D eigenvalue weighted by molar-refractivity contribution is 5.78. The largest absolute Gasteiger partial charge is 0.340 e. The van der Waals surface area contributed by atoms with E-state index in [0.717, 1.165) is 38.8 Å². The lowest BCUT2D eigenvalue weighted by atomic mass is 10.1. The molecule has 2 fully saturated rings. The average Bonchev–Trinajstić information content (AvgIpc) is 3.12. The van der Waals surface area contributed by atoms with Gasteiger partial charge in [-0.15, -0.1) is 0 Å². The third-order valence-corrected chi connectivity index (χ3v) is 3.62. The summed E-state index contributed by atoms with van der Waals surface area (Å²) in [7, 11) is 1.90. The van der Waals surface area contributed by atoms with Gasteiger partial charge in [0.1, 0.15) is 0 Å². The van der Waals surface area contributed by atoms with E-state index in [1.54, 1.807) is 0 Å². The van der Waals surface area contributed by atoms with Gasteiger partial charge in [-0.3, -0.25) is 9.69 Å². The van der Waals surface area contributed by atoms with Crippen LogP contribution in [0.3, 0.4) is 0 Å². The summed E-state index contributed by atoms with van der Waals surface area (Å²) in [5.74, 6) is 0.419. The molecule has 1 aliphatic carbocycles. The Balaban J connectivity index is 1.76. The van der Waals surface area contributed by atoms with Crippen LogP contribution in [-0.4, -0.2) is 61.5 Å². The summed E-state index contributed by atoms with van der Waals surface area (Å²) in [6.45, 7) is 6.77. The fourth-order valence-electron chi connectivity index (χ4n) is 2.45. The Kier molecular flexibility index (Phi) is 3.82. The molecule has 1 heterocycles. The zero-order chi connectivity index (χ0) is 11.5. The van der Waals surface area contributed by atoms with E-state index in [1.165, 1.54) is 12.8 Å². The summed E-state index contributed by atoms with van der Waals surface area (Å²) in [6, 6.07) is 0.840. The zero-order valence-corrected chi connectivity index (χ0v) is 10.4. The van der Waals surface area contributed by atoms with Crippen LogP contribution in [0.4, 0.5) is 0 Å². The van der Waals surface area contributed by atoms with Gasteiger partial charge in [-0.1, -0.05) is 6.92 Å². The molecule has 4 nitrogen and oxygen atoms in total. The number of piperazine rings is 1. The fraction of sp³-hybridized carbons (Fsp3) is 0.917. The SMILES string of the molecule is CNCC(C)C(=O)N1CCN(C2CC2)CC1. The summed E-state index contributed by atoms with van der Waals surface area (Å²) in [5.41, 5.74) is 0. The lowest BCUT2D eigenvalue weighted by molar-refractivity contribution is -0.136. The van der Waals surface area contributed by atoms with Gasteiger partial charge in [0, 0.05) is 44.7 Å². The quantitative estimate of drug-likeness (QED) is 0.740. The predicted molar refractivity (Wildman–Crippen MR) is 64.3 cm³/mol. The Hall–Kier alpha value is -0.610. The van der Waals surface area contributed by atoms with Crippen molar-refractivity contribution in [3.05, 3.63) is 0 Å². The maximum Gasteiger partial charge on any atom is 0.226 e. The van der Waals surface area contributed by atoms with Gasteiger partial charge < -0.3 is 10.2 Å². The molecule has 0 aromatic rings. The molecule has 1 aliphatic heterocycles. The number of nitrogens with zero attached hydrogens (tertiary/aromatic N) is 2. The molecule has 1 amide bonds. The van der Waals surface area contributed by atoms with Crippen LogP contribution in [0.1, 0.15) is 19.8 Å². The second-order valence-corrected chi connectivity index (χ2v) is 5.05. The van der Waals surface area contributed by atoms with E-state index in [9.17, 15) is 4.79 Å². The molecule has 0 aromatic heterocycles. The average molecular weight is 225 g/mol. The fourth-order valence-corrected chi connectivity index (χ4v) is 2.45. The smallest absolute Gasteiger partial charge is 0.226 e. The lowest BCUT2D eigenvalue weighted by Gasteiger charge is -2.36. The van der Waals surface area contributed by atoms with Crippen LogP contribution in [0, 0.1) is 5.92 Å². The maximum atomic E-state index is 12.0. The Morgan fingerprint density at radius 3 is 2.44 bits per heavy atom. The number of rotatable bonds is 4. The molecule has 1 N–H and O–H groups in total. The molecule has 2 rings (SSSR count). The third kappa shape index (κ3) is 2.74. The first-order chi connectivity index (χ1) is 7.72. The Morgan fingerprint density at radius 2 is 1.94 bits per heavy atom. The van der Waals surface area contributed by atoms with Crippen molar-refractivity contribution in [2.75, 3.05) is 39.8 Å². The predicted octanol–water partition coefficient (Wildman–Crippen LogP) is 0.149. The minimum absolute atomic E-state index is 0.109. The molecule has 0 aromatic carbocycles. The highest BCUT2D eigenvalue weighted by atomic mass is 16.2. The monoisotopic (exact) mass is 225 g/mol. The number of amides is 1. The number of hydrogen-bond donors (Lipinski definition) is 1. The van der Waals surface area contributed by atoms with Crippen LogP contribution in [0.25, 0.3) is 0 Å². The van der Waals surface area contributed by atoms with Crippen LogP contribution in [0.5, 0.6) is 0 Å². The van der Waals surface area contributed by atoms with E-state index >= 15 is 0 Å². The van der Waals surface area contributed by atoms with Crippen molar-refractivity contribution in [3.63, 3.8) is 0 Å². The molecule has 4 heteroatoms. The van der Waals surface area contributed by atoms with Crippen molar-refractivity contribution in [1.82, 2.24) is 15.1 Å². The van der Waals surface area contributed by atoms with Crippen LogP contribution in [0.2, 0.25) is 0 Å². The van der Waals surface area contributed by atoms with Crippen molar-refractivity contribution in [2.45, 2.75) is 25.8 Å². The standard InChI is InChI=1S/C12H23N3O/c1-10(9-13-2)12(16)15-7-5-14(6-8-15)11-3-4-11/h10-11,13H,3-9H2,1-2H3. The molecule has 0 bridgehead atoms. The Bertz CT molecular complexity index is 245. The second kappa shape index (κ2) is 5.15. The van der Waals surface area contributed by atoms with Crippen molar-refractivity contribution in [2.24, 2.45) is 5.92 Å². The van der Waals surface area contributed by atoms with Gasteiger partial charge in [0.05, 0.1) is 0 Å². The first kappa shape index (κ1) is 11.9. The van der Waals surface area contributed by atoms with Crippen LogP contribution in [0.15, 0.2) is 0 Å². The summed E-state index contributed by atoms with van der Waals surface area (Å²) >= 11 is 0. The van der Waals surface area contributed by atoms with Crippen molar-refractivity contribution in [1.29, 1.82) is 0 Å². The molecular weight excluding hydrogens is 202 g/mol. The number of carbonyl (C=O) groups is 1. The zero-order valence-electron chi connectivity index (χ0n) is 10.4. The topological polar surface area (TPSA) is 35.6 Å². The van der Waals surface area contributed by atoms with Gasteiger partial charge in [0.2, 0.25) is 5.91 Å². The molecule has 16 heavy (non-hydrogen) atoms. The molecule has 1 atom stereocenters. The van der Waals surface area contributed by atoms with E-state index in [2.05, 4.69) is 10.2 Å². The van der Waals surface area contributed by atoms with Gasteiger partial charge >= 0.3 is 0 Å². The first-order valence-corrected chi connectivity index (χ1v) is 6.40. The van der Waals surface area contributed by atoms with Crippen molar-refractivity contribution in [3.8, 4) is 0 Å². The number of carbonyl (C=O) groups excluding carboxylic acids is 1. The first-order valence-electron chi connectivity index (χ1n) is 6.40. The van der Waals surface area contributed by atoms with Gasteiger partial charge in [-0.05, 0) is 19.9 Å². The Morgan fingerprint density at radius 1 is 1.31 bits per heavy atom. The highest BCUT2D eigenvalue weighted by Crippen LogP contribution is 2.27. The molecule has 0 radical (unpaired) electrons. The van der Waals surface area contributed by atoms with Crippen molar-refractivity contribution < 1.29 is 4.79 Å². The molecule has 2 aliphatic rings. The minimum atomic E-state index is 0.109. The van der Waals surface area contributed by atoms with Crippen molar-refractivity contribution >= 4 is 5.91 Å². The van der Waals surface area contributed by atoms with Gasteiger partial charge in [0.15, 0.2) is 0 Å². The van der Waals surface area contributed by atoms with Gasteiger partial charge in [-0.25, -0.2) is 0 Å². The molecule has 0 spiro atoms. The molecule has 1 unspecified atom stereocenters. The van der Waals surface area contributed by atoms with Crippen LogP contribution in [-0.2, 0) is 4.79 Å². The van der Waals surface area contributed by atoms with E-state index in [4.69, 9.17) is 0 Å². The molecule has 1 saturated carbocycles. The molecular formula is C12H23N3O. The maximum absolute atomic E-state index is 12.0. The number of hydrogen-bond acceptors (Lipinski definition) is 3. The van der Waals surface area contributed by atoms with Gasteiger partial charge in [0.25, 0.3) is 0 Å². The summed E-state index contributed by atoms with van der Waals surface area (Å²) in [4.78, 5) is 16.6. The van der Waals surface area contributed by atoms with E-state index < -0.39 is 0 Å². The third-order valence-electron chi connectivity index (χ3n) is 3.62. The Labute approximate surface area is 98.0 Å². The lowest BCUT2D eigenvalue weighted by Crippen LogP contribution is -2.51. The summed E-state index contributed by atoms with van der Waals surface area (Å²) in [5, 5.41) is 3.07. The van der Waals surface area contributed by atoms with Crippen LogP contribution < -0.4 is 5.32 Å². The number of nitrogens with one attached hydrogen (secondary N) is 1. The second-order valence-electron chi connectivity index (χ2n) is 5.05. The highest BCUT2D eigenvalue weighted by Gasteiger charge is 2.32. The van der Waals surface area contributed by atoms with Crippen LogP contribution >= 0.6 is 0 Å².